The van der Waals surface area contributed by atoms with Crippen molar-refractivity contribution < 1.29 is 17.4 Å². The summed E-state index contributed by atoms with van der Waals surface area (Å²) in [4.78, 5) is 0. The molecule has 0 spiro atoms. The predicted molar refractivity (Wildman–Crippen MR) is 189 cm³/mol. The molecule has 0 unspecified atom stereocenters. The molecule has 5 heteroatoms. The van der Waals surface area contributed by atoms with Crippen molar-refractivity contribution in [3.63, 3.8) is 0 Å². The van der Waals surface area contributed by atoms with Crippen molar-refractivity contribution >= 4 is 22.8 Å². The second-order valence-electron chi connectivity index (χ2n) is 19.4. The molecule has 0 bridgehead atoms. The maximum Gasteiger partial charge on any atom is 4.00 e. The fourth-order valence-corrected chi connectivity index (χ4v) is 4.50. The van der Waals surface area contributed by atoms with Gasteiger partial charge in [0.2, 0.25) is 0 Å². The van der Waals surface area contributed by atoms with Gasteiger partial charge in [0.15, 0.2) is 0 Å². The van der Waals surface area contributed by atoms with Crippen LogP contribution in [-0.2, 0) is 17.4 Å². The average molecular weight is 613 g/mol. The van der Waals surface area contributed by atoms with E-state index in [4.69, 9.17) is 0 Å². The van der Waals surface area contributed by atoms with Crippen molar-refractivity contribution in [1.82, 2.24) is 0 Å². The normalized spacial score (nSPS) is 13.1. The topological polar surface area (TPSA) is 89.2 Å². The fraction of sp³-hybridized carbons (Fsp3) is 0.889. The standard InChI is InChI=1S/4C9H18N.Cr/c4*1-8(2,3)7(10)9(4,5)6;/h4*1-6H3;/q4*-1;+4. The zero-order valence-electron chi connectivity index (χ0n) is 32.2. The van der Waals surface area contributed by atoms with E-state index in [2.05, 4.69) is 0 Å². The molecule has 4 nitrogen and oxygen atoms in total. The first kappa shape index (κ1) is 49.9. The first-order valence-corrected chi connectivity index (χ1v) is 14.9. The molecule has 0 atom stereocenters. The second kappa shape index (κ2) is 16.3. The molecule has 0 radical (unpaired) electrons. The van der Waals surface area contributed by atoms with Gasteiger partial charge in [0.1, 0.15) is 0 Å². The molecule has 0 aliphatic rings. The molecule has 0 saturated heterocycles. The van der Waals surface area contributed by atoms with Crippen LogP contribution in [-0.4, -0.2) is 22.8 Å². The van der Waals surface area contributed by atoms with Crippen molar-refractivity contribution in [1.29, 1.82) is 0 Å². The van der Waals surface area contributed by atoms with Gasteiger partial charge in [0.25, 0.3) is 0 Å². The van der Waals surface area contributed by atoms with E-state index in [0.717, 1.165) is 0 Å². The van der Waals surface area contributed by atoms with E-state index < -0.39 is 0 Å². The van der Waals surface area contributed by atoms with E-state index in [-0.39, 0.29) is 60.7 Å². The molecule has 0 N–H and O–H groups in total. The summed E-state index contributed by atoms with van der Waals surface area (Å²) in [7, 11) is 0. The van der Waals surface area contributed by atoms with Gasteiger partial charge in [-0.3, -0.25) is 0 Å². The molecule has 0 aliphatic heterocycles. The van der Waals surface area contributed by atoms with Gasteiger partial charge in [0.05, 0.1) is 0 Å². The number of rotatable bonds is 0. The van der Waals surface area contributed by atoms with Crippen molar-refractivity contribution in [3.8, 4) is 0 Å². The minimum atomic E-state index is -0.0851. The van der Waals surface area contributed by atoms with Crippen molar-refractivity contribution in [2.75, 3.05) is 0 Å². The zero-order chi connectivity index (χ0) is 34.3. The van der Waals surface area contributed by atoms with Crippen LogP contribution in [0.1, 0.15) is 166 Å². The van der Waals surface area contributed by atoms with E-state index >= 15 is 0 Å². The van der Waals surface area contributed by atoms with Gasteiger partial charge in [-0.1, -0.05) is 166 Å². The summed E-state index contributed by atoms with van der Waals surface area (Å²) < 4.78 is 0. The Bertz CT molecular complexity index is 614. The van der Waals surface area contributed by atoms with Gasteiger partial charge in [-0.15, -0.1) is 0 Å². The Labute approximate surface area is 270 Å². The summed E-state index contributed by atoms with van der Waals surface area (Å²) in [6.07, 6.45) is 0. The molecule has 0 fully saturated rings. The van der Waals surface area contributed by atoms with E-state index in [0.29, 0.717) is 22.8 Å². The minimum absolute atomic E-state index is 0. The summed E-state index contributed by atoms with van der Waals surface area (Å²) >= 11 is 0. The third kappa shape index (κ3) is 24.4. The average Bonchev–Trinajstić information content (AvgIpc) is 2.61. The van der Waals surface area contributed by atoms with E-state index in [9.17, 15) is 21.6 Å². The van der Waals surface area contributed by atoms with E-state index in [1.165, 1.54) is 0 Å². The molecule has 0 rings (SSSR count). The predicted octanol–water partition coefficient (Wildman–Crippen LogP) is 12.4. The number of nitrogens with zero attached hydrogens (tertiary/aromatic N) is 4. The third-order valence-corrected chi connectivity index (χ3v) is 5.68. The van der Waals surface area contributed by atoms with E-state index in [1.807, 2.05) is 166 Å². The molecule has 0 aromatic rings. The van der Waals surface area contributed by atoms with Gasteiger partial charge in [-0.05, 0) is 43.3 Å². The fourth-order valence-electron chi connectivity index (χ4n) is 4.50. The molecular weight excluding hydrogens is 540 g/mol. The summed E-state index contributed by atoms with van der Waals surface area (Å²) in [5, 5.41) is 38.6. The Morgan fingerprint density at radius 2 is 0.268 bits per heavy atom. The first-order chi connectivity index (χ1) is 16.6. The maximum atomic E-state index is 9.64. The van der Waals surface area contributed by atoms with Crippen LogP contribution in [0.4, 0.5) is 0 Å². The van der Waals surface area contributed by atoms with Gasteiger partial charge in [-0.25, -0.2) is 0 Å². The number of hydrogen-bond donors (Lipinski definition) is 0. The Morgan fingerprint density at radius 3 is 0.268 bits per heavy atom. The minimum Gasteiger partial charge on any atom is -0.810 e. The van der Waals surface area contributed by atoms with Gasteiger partial charge in [0, 0.05) is 0 Å². The molecule has 0 amide bonds. The van der Waals surface area contributed by atoms with Crippen LogP contribution in [0.5, 0.6) is 0 Å². The zero-order valence-corrected chi connectivity index (χ0v) is 33.5. The molecule has 0 saturated carbocycles. The Morgan fingerprint density at radius 1 is 0.220 bits per heavy atom. The summed E-state index contributed by atoms with van der Waals surface area (Å²) in [6.45, 7) is 48.5. The molecule has 0 aromatic heterocycles. The summed E-state index contributed by atoms with van der Waals surface area (Å²) in [6, 6.07) is 0. The van der Waals surface area contributed by atoms with Gasteiger partial charge < -0.3 is 21.6 Å². The third-order valence-electron chi connectivity index (χ3n) is 5.68. The number of hydrogen-bond acceptors (Lipinski definition) is 0. The monoisotopic (exact) mass is 613 g/mol. The van der Waals surface area contributed by atoms with Crippen LogP contribution >= 0.6 is 0 Å². The Hall–Kier alpha value is -0.788. The van der Waals surface area contributed by atoms with Crippen LogP contribution in [0.2, 0.25) is 0 Å². The smallest absolute Gasteiger partial charge is 0.810 e. The molecule has 0 aliphatic carbocycles. The van der Waals surface area contributed by atoms with Crippen LogP contribution in [0.15, 0.2) is 0 Å². The molecule has 0 heterocycles. The van der Waals surface area contributed by atoms with Gasteiger partial charge in [-0.2, -0.15) is 22.8 Å². The van der Waals surface area contributed by atoms with Crippen LogP contribution in [0.3, 0.4) is 0 Å². The molecule has 0 aromatic carbocycles. The Kier molecular flexibility index (Phi) is 19.9. The molecule has 41 heavy (non-hydrogen) atoms. The first-order valence-electron chi connectivity index (χ1n) is 14.9. The van der Waals surface area contributed by atoms with Crippen molar-refractivity contribution in [2.24, 2.45) is 43.3 Å². The van der Waals surface area contributed by atoms with Crippen LogP contribution < -0.4 is 0 Å². The second-order valence-corrected chi connectivity index (χ2v) is 19.4. The van der Waals surface area contributed by atoms with Crippen LogP contribution in [0.25, 0.3) is 21.6 Å². The summed E-state index contributed by atoms with van der Waals surface area (Å²) in [5.41, 5.74) is 1.60. The molecule has 242 valence electrons. The Balaban J connectivity index is -0.000000139. The van der Waals surface area contributed by atoms with Crippen molar-refractivity contribution in [3.05, 3.63) is 21.6 Å². The SMILES string of the molecule is CC(C)(C)C(=[N-])C(C)(C)C.CC(C)(C)C(=[N-])C(C)(C)C.CC(C)(C)C(=[N-])C(C)(C)C.CC(C)(C)C(=[N-])C(C)(C)C.[Cr+4]. The summed E-state index contributed by atoms with van der Waals surface area (Å²) in [5.74, 6) is 0. The largest absolute Gasteiger partial charge is 4.00 e. The van der Waals surface area contributed by atoms with E-state index in [1.54, 1.807) is 0 Å². The maximum absolute atomic E-state index is 9.64. The molecular formula is C36H72CrN4. The quantitative estimate of drug-likeness (QED) is 0.244. The van der Waals surface area contributed by atoms with Crippen molar-refractivity contribution in [2.45, 2.75) is 166 Å². The van der Waals surface area contributed by atoms with Crippen LogP contribution in [0, 0.1) is 43.3 Å². The van der Waals surface area contributed by atoms with Gasteiger partial charge >= 0.3 is 17.4 Å².